The molecular formula is C17H17NOS. The number of aliphatic hydroxyl groups excluding tert-OH is 1. The number of nitriles is 1. The number of nitrogens with zero attached hydrogens (tertiary/aromatic N) is 1. The Bertz CT molecular complexity index is 671. The predicted octanol–water partition coefficient (Wildman–Crippen LogP) is 4.38. The van der Waals surface area contributed by atoms with Gasteiger partial charge in [-0.2, -0.15) is 5.26 Å². The molecule has 0 aromatic heterocycles. The van der Waals surface area contributed by atoms with Crippen molar-refractivity contribution in [2.45, 2.75) is 36.7 Å². The first-order valence-electron chi connectivity index (χ1n) is 6.48. The van der Waals surface area contributed by atoms with Gasteiger partial charge in [0.05, 0.1) is 17.7 Å². The summed E-state index contributed by atoms with van der Waals surface area (Å²) in [6, 6.07) is 13.9. The molecule has 3 heteroatoms. The van der Waals surface area contributed by atoms with Crippen molar-refractivity contribution in [1.82, 2.24) is 0 Å². The van der Waals surface area contributed by atoms with Gasteiger partial charge in [0, 0.05) is 9.79 Å². The molecule has 102 valence electrons. The SMILES string of the molecule is Cc1ccc(Sc2cc(C#N)ccc2[C@H](C)O)c(C)c1. The molecule has 0 heterocycles. The molecule has 2 aromatic rings. The largest absolute Gasteiger partial charge is 0.389 e. The third-order valence-electron chi connectivity index (χ3n) is 3.14. The number of rotatable bonds is 3. The van der Waals surface area contributed by atoms with Crippen LogP contribution in [0.2, 0.25) is 0 Å². The minimum absolute atomic E-state index is 0.545. The number of hydrogen-bond acceptors (Lipinski definition) is 3. The van der Waals surface area contributed by atoms with Crippen molar-refractivity contribution in [3.63, 3.8) is 0 Å². The van der Waals surface area contributed by atoms with E-state index in [1.165, 1.54) is 11.1 Å². The Labute approximate surface area is 124 Å². The number of benzene rings is 2. The molecule has 0 aliphatic carbocycles. The summed E-state index contributed by atoms with van der Waals surface area (Å²) in [7, 11) is 0. The van der Waals surface area contributed by atoms with Crippen LogP contribution in [-0.2, 0) is 0 Å². The quantitative estimate of drug-likeness (QED) is 0.909. The van der Waals surface area contributed by atoms with E-state index in [4.69, 9.17) is 5.26 Å². The topological polar surface area (TPSA) is 44.0 Å². The van der Waals surface area contributed by atoms with Crippen LogP contribution in [0.25, 0.3) is 0 Å². The van der Waals surface area contributed by atoms with Gasteiger partial charge in [-0.05, 0) is 50.1 Å². The zero-order valence-corrected chi connectivity index (χ0v) is 12.7. The Hall–Kier alpha value is -1.76. The molecule has 1 N–H and O–H groups in total. The second-order valence-corrected chi connectivity index (χ2v) is 6.00. The van der Waals surface area contributed by atoms with Crippen LogP contribution in [0.4, 0.5) is 0 Å². The van der Waals surface area contributed by atoms with Gasteiger partial charge in [-0.25, -0.2) is 0 Å². The van der Waals surface area contributed by atoms with Crippen LogP contribution >= 0.6 is 11.8 Å². The molecule has 0 bridgehead atoms. The highest BCUT2D eigenvalue weighted by molar-refractivity contribution is 7.99. The molecule has 0 spiro atoms. The van der Waals surface area contributed by atoms with Crippen molar-refractivity contribution in [2.75, 3.05) is 0 Å². The van der Waals surface area contributed by atoms with E-state index in [2.05, 4.69) is 38.1 Å². The van der Waals surface area contributed by atoms with Crippen LogP contribution in [0.15, 0.2) is 46.2 Å². The highest BCUT2D eigenvalue weighted by atomic mass is 32.2. The lowest BCUT2D eigenvalue weighted by Crippen LogP contribution is -1.95. The lowest BCUT2D eigenvalue weighted by molar-refractivity contribution is 0.196. The Kier molecular flexibility index (Phi) is 4.49. The van der Waals surface area contributed by atoms with Crippen LogP contribution in [-0.4, -0.2) is 5.11 Å². The first-order valence-corrected chi connectivity index (χ1v) is 7.30. The van der Waals surface area contributed by atoms with Gasteiger partial charge in [-0.3, -0.25) is 0 Å². The van der Waals surface area contributed by atoms with Gasteiger partial charge in [0.1, 0.15) is 0 Å². The Balaban J connectivity index is 2.43. The fourth-order valence-corrected chi connectivity index (χ4v) is 3.21. The van der Waals surface area contributed by atoms with E-state index in [1.54, 1.807) is 24.8 Å². The molecule has 2 aromatic carbocycles. The second kappa shape index (κ2) is 6.13. The molecule has 0 saturated heterocycles. The molecule has 0 unspecified atom stereocenters. The van der Waals surface area contributed by atoms with E-state index in [-0.39, 0.29) is 0 Å². The lowest BCUT2D eigenvalue weighted by Gasteiger charge is -2.13. The van der Waals surface area contributed by atoms with Crippen LogP contribution in [0.3, 0.4) is 0 Å². The monoisotopic (exact) mass is 283 g/mol. The first kappa shape index (κ1) is 14.6. The van der Waals surface area contributed by atoms with Gasteiger partial charge in [-0.1, -0.05) is 35.5 Å². The highest BCUT2D eigenvalue weighted by Gasteiger charge is 2.11. The fourth-order valence-electron chi connectivity index (χ4n) is 2.07. The molecule has 0 saturated carbocycles. The van der Waals surface area contributed by atoms with E-state index in [1.807, 2.05) is 12.1 Å². The van der Waals surface area contributed by atoms with Crippen molar-refractivity contribution in [3.05, 3.63) is 58.7 Å². The summed E-state index contributed by atoms with van der Waals surface area (Å²) >= 11 is 1.60. The molecular weight excluding hydrogens is 266 g/mol. The van der Waals surface area contributed by atoms with E-state index >= 15 is 0 Å². The summed E-state index contributed by atoms with van der Waals surface area (Å²) in [5.74, 6) is 0. The van der Waals surface area contributed by atoms with Crippen molar-refractivity contribution < 1.29 is 5.11 Å². The van der Waals surface area contributed by atoms with Crippen molar-refractivity contribution in [1.29, 1.82) is 5.26 Å². The molecule has 1 atom stereocenters. The molecule has 0 amide bonds. The third kappa shape index (κ3) is 3.22. The van der Waals surface area contributed by atoms with E-state index in [0.717, 1.165) is 15.4 Å². The maximum atomic E-state index is 9.86. The smallest absolute Gasteiger partial charge is 0.0992 e. The molecule has 0 fully saturated rings. The minimum atomic E-state index is -0.545. The van der Waals surface area contributed by atoms with Gasteiger partial charge in [0.15, 0.2) is 0 Å². The van der Waals surface area contributed by atoms with Crippen LogP contribution in [0.5, 0.6) is 0 Å². The third-order valence-corrected chi connectivity index (χ3v) is 4.39. The second-order valence-electron chi connectivity index (χ2n) is 4.91. The van der Waals surface area contributed by atoms with Crippen molar-refractivity contribution in [3.8, 4) is 6.07 Å². The normalized spacial score (nSPS) is 11.9. The Morgan fingerprint density at radius 1 is 1.10 bits per heavy atom. The summed E-state index contributed by atoms with van der Waals surface area (Å²) in [6.07, 6.45) is -0.545. The highest BCUT2D eigenvalue weighted by Crippen LogP contribution is 2.35. The molecule has 0 radical (unpaired) electrons. The summed E-state index contributed by atoms with van der Waals surface area (Å²) in [5.41, 5.74) is 3.90. The minimum Gasteiger partial charge on any atom is -0.389 e. The lowest BCUT2D eigenvalue weighted by atomic mass is 10.1. The Morgan fingerprint density at radius 2 is 1.85 bits per heavy atom. The maximum absolute atomic E-state index is 9.86. The van der Waals surface area contributed by atoms with E-state index in [9.17, 15) is 5.11 Å². The van der Waals surface area contributed by atoms with Gasteiger partial charge >= 0.3 is 0 Å². The van der Waals surface area contributed by atoms with Gasteiger partial charge in [0.2, 0.25) is 0 Å². The zero-order valence-electron chi connectivity index (χ0n) is 11.8. The average molecular weight is 283 g/mol. The summed E-state index contributed by atoms with van der Waals surface area (Å²) in [6.45, 7) is 5.89. The van der Waals surface area contributed by atoms with Crippen LogP contribution in [0, 0.1) is 25.2 Å². The molecule has 2 nitrogen and oxygen atoms in total. The van der Waals surface area contributed by atoms with Gasteiger partial charge in [0.25, 0.3) is 0 Å². The number of aryl methyl sites for hydroxylation is 2. The zero-order chi connectivity index (χ0) is 14.7. The van der Waals surface area contributed by atoms with Gasteiger partial charge < -0.3 is 5.11 Å². The number of hydrogen-bond donors (Lipinski definition) is 1. The standard InChI is InChI=1S/C17H17NOS/c1-11-4-7-16(12(2)8-11)20-17-9-14(10-18)5-6-15(17)13(3)19/h4-9,13,19H,1-3H3/t13-/m0/s1. The number of aliphatic hydroxyl groups is 1. The van der Waals surface area contributed by atoms with Gasteiger partial charge in [-0.15, -0.1) is 0 Å². The summed E-state index contributed by atoms with van der Waals surface area (Å²) in [4.78, 5) is 2.08. The van der Waals surface area contributed by atoms with E-state index in [0.29, 0.717) is 5.56 Å². The summed E-state index contributed by atoms with van der Waals surface area (Å²) in [5, 5.41) is 18.9. The van der Waals surface area contributed by atoms with Crippen molar-refractivity contribution >= 4 is 11.8 Å². The van der Waals surface area contributed by atoms with Crippen LogP contribution in [0.1, 0.15) is 35.3 Å². The first-order chi connectivity index (χ1) is 9.51. The predicted molar refractivity (Wildman–Crippen MR) is 81.8 cm³/mol. The summed E-state index contributed by atoms with van der Waals surface area (Å²) < 4.78 is 0. The van der Waals surface area contributed by atoms with Crippen molar-refractivity contribution in [2.24, 2.45) is 0 Å². The average Bonchev–Trinajstić information content (AvgIpc) is 2.41. The molecule has 20 heavy (non-hydrogen) atoms. The van der Waals surface area contributed by atoms with E-state index < -0.39 is 6.10 Å². The maximum Gasteiger partial charge on any atom is 0.0992 e. The molecule has 0 aliphatic rings. The fraction of sp³-hybridized carbons (Fsp3) is 0.235. The Morgan fingerprint density at radius 3 is 2.45 bits per heavy atom. The molecule has 0 aliphatic heterocycles. The molecule has 2 rings (SSSR count). The van der Waals surface area contributed by atoms with Crippen LogP contribution < -0.4 is 0 Å².